The molecule has 0 radical (unpaired) electrons. The van der Waals surface area contributed by atoms with Crippen LogP contribution in [-0.4, -0.2) is 57.8 Å². The zero-order valence-corrected chi connectivity index (χ0v) is 78.9. The Balaban J connectivity index is 0.000000116. The standard InChI is InChI=1S/C58H49NSi2.C39H23N7.C30H20N2/c1-58(2,3)44-34-36-45(37-35-44)59-56-40-38-52(60(46-22-10-4-11-23-46,47-24-12-5-13-25-47)48-26-14-6-15-27-48)42-54(56)55-43-53(39-41-57(55)59)61(49-28-16-7-17-29-49,50-30-18-8-19-31-50)51-32-20-9-21-33-51;40-24-25-20-21-36-37(22-25)46-35-19-8-4-15-31(35)42-39(46)44(38-41-30-14-3-7-18-34(30)45(36)38)27-11-9-10-26(23-27)43-32-16-5-1-12-28(32)29-13-2-6-17-33(29)43;1-5-16-27-23(12-1)24-13-2-6-17-28(24)31(27)21-10-9-11-22(20-21)32-29-18-7-3-14-25(29)26-15-4-8-19-30(26)32/h4-43H,1-3H3;1-23H;1-20H. The van der Waals surface area contributed by atoms with Crippen LogP contribution >= 0.6 is 0 Å². The highest BCUT2D eigenvalue weighted by Crippen LogP contribution is 2.41. The highest BCUT2D eigenvalue weighted by Gasteiger charge is 2.44. The zero-order valence-electron chi connectivity index (χ0n) is 76.9. The lowest BCUT2D eigenvalue weighted by atomic mass is 9.87. The van der Waals surface area contributed by atoms with Crippen LogP contribution in [0.4, 0.5) is 0 Å². The van der Waals surface area contributed by atoms with E-state index in [1.165, 1.54) is 140 Å². The summed E-state index contributed by atoms with van der Waals surface area (Å²) in [4.78, 5) is 10.5. The number of nitrogens with zero attached hydrogens (tertiary/aromatic N) is 10. The molecule has 7 heterocycles. The Kier molecular flexibility index (Phi) is 20.3. The summed E-state index contributed by atoms with van der Waals surface area (Å²) in [6, 6.07) is 185. The Bertz CT molecular complexity index is 8840. The highest BCUT2D eigenvalue weighted by atomic mass is 28.3. The van der Waals surface area contributed by atoms with E-state index in [9.17, 15) is 5.26 Å². The number of nitriles is 1. The van der Waals surface area contributed by atoms with Crippen molar-refractivity contribution in [1.29, 1.82) is 5.26 Å². The monoisotopic (exact) mass is 1810 g/mol. The molecule has 0 aliphatic carbocycles. The molecule has 0 spiro atoms. The summed E-state index contributed by atoms with van der Waals surface area (Å²) in [5.74, 6) is 1.42. The number of hydrogen-bond acceptors (Lipinski definition) is 3. The van der Waals surface area contributed by atoms with Crippen molar-refractivity contribution >= 4 is 190 Å². The summed E-state index contributed by atoms with van der Waals surface area (Å²) in [5.41, 5.74) is 22.5. The Morgan fingerprint density at radius 2 is 0.468 bits per heavy atom. The summed E-state index contributed by atoms with van der Waals surface area (Å²) >= 11 is 0. The van der Waals surface area contributed by atoms with Gasteiger partial charge in [0.15, 0.2) is 16.1 Å². The van der Waals surface area contributed by atoms with Gasteiger partial charge < -0.3 is 18.3 Å². The molecule has 0 saturated heterocycles. The lowest BCUT2D eigenvalue weighted by molar-refractivity contribution is 0.590. The molecule has 10 nitrogen and oxygen atoms in total. The summed E-state index contributed by atoms with van der Waals surface area (Å²) in [7, 11) is -5.62. The molecule has 0 N–H and O–H groups in total. The van der Waals surface area contributed by atoms with Gasteiger partial charge in [0.25, 0.3) is 0 Å². The minimum absolute atomic E-state index is 0.0592. The normalized spacial score (nSPS) is 12.0. The largest absolute Gasteiger partial charge is 0.309 e. The third kappa shape index (κ3) is 13.6. The van der Waals surface area contributed by atoms with Gasteiger partial charge in [-0.15, -0.1) is 0 Å². The molecule has 0 aliphatic heterocycles. The Labute approximate surface area is 805 Å². The predicted molar refractivity (Wildman–Crippen MR) is 585 cm³/mol. The highest BCUT2D eigenvalue weighted by molar-refractivity contribution is 7.20. The molecule has 0 unspecified atom stereocenters. The Morgan fingerprint density at radius 1 is 0.201 bits per heavy atom. The van der Waals surface area contributed by atoms with Crippen LogP contribution in [0.25, 0.3) is 160 Å². The predicted octanol–water partition coefficient (Wildman–Crippen LogP) is 25.5. The molecule has 0 saturated carbocycles. The van der Waals surface area contributed by atoms with Crippen LogP contribution in [0.15, 0.2) is 504 Å². The maximum Gasteiger partial charge on any atom is 0.223 e. The van der Waals surface area contributed by atoms with Gasteiger partial charge in [-0.1, -0.05) is 385 Å². The van der Waals surface area contributed by atoms with Crippen molar-refractivity contribution in [2.45, 2.75) is 26.2 Å². The molecule has 658 valence electrons. The maximum atomic E-state index is 9.94. The molecule has 0 amide bonds. The summed E-state index contributed by atoms with van der Waals surface area (Å²) in [5, 5.41) is 31.0. The lowest BCUT2D eigenvalue weighted by Crippen LogP contribution is -2.74. The average Bonchev–Trinajstić information content (AvgIpc) is 1.50. The van der Waals surface area contributed by atoms with E-state index in [4.69, 9.17) is 9.97 Å². The third-order valence-electron chi connectivity index (χ3n) is 28.4. The van der Waals surface area contributed by atoms with Gasteiger partial charge in [0.05, 0.1) is 94.6 Å². The smallest absolute Gasteiger partial charge is 0.223 e. The first-order chi connectivity index (χ1) is 68.6. The van der Waals surface area contributed by atoms with Gasteiger partial charge in [-0.25, -0.2) is 14.5 Å². The number of benzene rings is 20. The SMILES string of the molecule is CC(C)(C)c1ccc(-n2c3ccc([Si](c4ccccc4)(c4ccccc4)c4ccccc4)cc3c3cc([Si](c4ccccc4)(c4ccccc4)c4ccccc4)ccc32)cc1.N#Cc1ccc2c(c1)n1c3ccccc3nc1n(-c1cccc(-n3c4ccccc4c4ccccc43)c1)c1nc3ccccc3n21.c1cc(-n2c3ccccc3c3ccccc32)cc(-n2c3ccccc3c3ccccc32)c1. The van der Waals surface area contributed by atoms with Crippen molar-refractivity contribution in [3.8, 4) is 34.5 Å². The van der Waals surface area contributed by atoms with Gasteiger partial charge in [0.1, 0.15) is 0 Å². The van der Waals surface area contributed by atoms with E-state index in [1.54, 1.807) is 0 Å². The summed E-state index contributed by atoms with van der Waals surface area (Å²) in [6.45, 7) is 6.86. The number of rotatable bonds is 13. The average molecular weight is 1810 g/mol. The van der Waals surface area contributed by atoms with E-state index >= 15 is 0 Å². The molecule has 0 fully saturated rings. The Morgan fingerprint density at radius 3 is 0.784 bits per heavy atom. The molecule has 20 aromatic carbocycles. The first-order valence-corrected chi connectivity index (χ1v) is 51.6. The molecular formula is C127H92N10Si2. The van der Waals surface area contributed by atoms with Crippen molar-refractivity contribution in [1.82, 2.24) is 41.6 Å². The van der Waals surface area contributed by atoms with Crippen molar-refractivity contribution < 1.29 is 0 Å². The van der Waals surface area contributed by atoms with Gasteiger partial charge in [0, 0.05) is 65.8 Å². The van der Waals surface area contributed by atoms with Gasteiger partial charge in [0.2, 0.25) is 11.6 Å². The molecule has 12 heteroatoms. The molecule has 27 rings (SSSR count). The summed E-state index contributed by atoms with van der Waals surface area (Å²) in [6.07, 6.45) is 0. The number of hydrogen-bond donors (Lipinski definition) is 0. The van der Waals surface area contributed by atoms with E-state index in [-0.39, 0.29) is 5.41 Å². The van der Waals surface area contributed by atoms with E-state index in [0.29, 0.717) is 11.3 Å². The molecule has 139 heavy (non-hydrogen) atoms. The lowest BCUT2D eigenvalue weighted by Gasteiger charge is -2.34. The van der Waals surface area contributed by atoms with E-state index < -0.39 is 16.1 Å². The fraction of sp³-hybridized carbons (Fsp3) is 0.0315. The minimum atomic E-state index is -2.81. The van der Waals surface area contributed by atoms with Gasteiger partial charge in [-0.2, -0.15) is 5.26 Å². The fourth-order valence-corrected chi connectivity index (χ4v) is 31.8. The van der Waals surface area contributed by atoms with Crippen molar-refractivity contribution in [2.75, 3.05) is 0 Å². The van der Waals surface area contributed by atoms with Gasteiger partial charge >= 0.3 is 0 Å². The number of para-hydroxylation sites is 10. The van der Waals surface area contributed by atoms with Crippen LogP contribution in [0.1, 0.15) is 31.9 Å². The maximum absolute atomic E-state index is 9.94. The van der Waals surface area contributed by atoms with Gasteiger partial charge in [-0.3, -0.25) is 8.80 Å². The van der Waals surface area contributed by atoms with Crippen LogP contribution in [0.3, 0.4) is 0 Å². The third-order valence-corrected chi connectivity index (χ3v) is 37.9. The fourth-order valence-electron chi connectivity index (χ4n) is 22.2. The first-order valence-electron chi connectivity index (χ1n) is 47.6. The molecule has 7 aromatic heterocycles. The molecule has 27 aromatic rings. The van der Waals surface area contributed by atoms with Crippen LogP contribution in [0, 0.1) is 11.3 Å². The summed E-state index contributed by atoms with van der Waals surface area (Å²) < 4.78 is 16.1. The molecule has 0 bridgehead atoms. The first kappa shape index (κ1) is 83.1. The second-order valence-corrected chi connectivity index (χ2v) is 44.7. The topological polar surface area (TPSA) is 83.0 Å². The van der Waals surface area contributed by atoms with Crippen LogP contribution in [-0.2, 0) is 5.41 Å². The van der Waals surface area contributed by atoms with Crippen molar-refractivity contribution in [3.63, 3.8) is 0 Å². The second kappa shape index (κ2) is 34.0. The quantitative estimate of drug-likeness (QED) is 0.0852. The van der Waals surface area contributed by atoms with Crippen LogP contribution in [0.2, 0.25) is 0 Å². The van der Waals surface area contributed by atoms with E-state index in [2.05, 4.69) is 507 Å². The van der Waals surface area contributed by atoms with E-state index in [1.807, 2.05) is 54.6 Å². The molecule has 0 atom stereocenters. The van der Waals surface area contributed by atoms with Gasteiger partial charge in [-0.05, 0) is 192 Å². The molecular weight excluding hydrogens is 1720 g/mol. The minimum Gasteiger partial charge on any atom is -0.309 e. The zero-order chi connectivity index (χ0) is 92.9. The van der Waals surface area contributed by atoms with Crippen LogP contribution in [0.5, 0.6) is 0 Å². The number of aromatic nitrogens is 9. The Hall–Kier alpha value is -17.7. The number of fused-ring (bicyclic) bond motifs is 21. The second-order valence-electron chi connectivity index (χ2n) is 37.1. The van der Waals surface area contributed by atoms with Crippen molar-refractivity contribution in [3.05, 3.63) is 515 Å². The van der Waals surface area contributed by atoms with Crippen LogP contribution < -0.4 is 41.5 Å². The van der Waals surface area contributed by atoms with E-state index in [0.717, 1.165) is 61.3 Å². The number of imidazole rings is 2. The van der Waals surface area contributed by atoms with Crippen molar-refractivity contribution in [2.24, 2.45) is 0 Å². The molecule has 0 aliphatic rings.